The Hall–Kier alpha value is -3.92. The lowest BCUT2D eigenvalue weighted by atomic mass is 10.2. The zero-order valence-electron chi connectivity index (χ0n) is 25.7. The van der Waals surface area contributed by atoms with Crippen molar-refractivity contribution in [3.05, 3.63) is 75.0 Å². The molecule has 1 atom stereocenters. The van der Waals surface area contributed by atoms with Crippen LogP contribution in [0.4, 0.5) is 0 Å². The van der Waals surface area contributed by atoms with Crippen molar-refractivity contribution in [2.45, 2.75) is 45.6 Å². The molecule has 0 rings (SSSR count). The maximum atomic E-state index is 12.5. The quantitative estimate of drug-likeness (QED) is 0.0658. The van der Waals surface area contributed by atoms with Crippen LogP contribution in [0.15, 0.2) is 75.0 Å². The summed E-state index contributed by atoms with van der Waals surface area (Å²) in [5.41, 5.74) is 1.01. The van der Waals surface area contributed by atoms with Crippen LogP contribution in [0.2, 0.25) is 0 Å². The second-order valence-corrected chi connectivity index (χ2v) is 9.57. The Morgan fingerprint density at radius 3 is 1.88 bits per heavy atom. The first kappa shape index (κ1) is 38.1. The van der Waals surface area contributed by atoms with E-state index in [1.807, 2.05) is 12.2 Å². The highest BCUT2D eigenvalue weighted by Gasteiger charge is 2.16. The molecule has 0 fully saturated rings. The summed E-state index contributed by atoms with van der Waals surface area (Å²) in [6, 6.07) is 0.168. The van der Waals surface area contributed by atoms with E-state index in [0.29, 0.717) is 32.6 Å². The van der Waals surface area contributed by atoms with Crippen molar-refractivity contribution in [2.75, 3.05) is 58.9 Å². The molecule has 0 aliphatic rings. The molecule has 4 amide bonds. The molecule has 42 heavy (non-hydrogen) atoms. The van der Waals surface area contributed by atoms with Crippen LogP contribution in [0, 0.1) is 0 Å². The van der Waals surface area contributed by atoms with Gasteiger partial charge in [0.15, 0.2) is 0 Å². The van der Waals surface area contributed by atoms with Gasteiger partial charge in [0.2, 0.25) is 23.6 Å². The van der Waals surface area contributed by atoms with E-state index in [9.17, 15) is 19.2 Å². The van der Waals surface area contributed by atoms with E-state index in [0.717, 1.165) is 38.2 Å². The highest BCUT2D eigenvalue weighted by molar-refractivity contribution is 5.88. The van der Waals surface area contributed by atoms with E-state index in [1.165, 1.54) is 18.2 Å². The maximum Gasteiger partial charge on any atom is 0.246 e. The fourth-order valence-corrected chi connectivity index (χ4v) is 4.06. The van der Waals surface area contributed by atoms with Crippen molar-refractivity contribution >= 4 is 23.6 Å². The van der Waals surface area contributed by atoms with Gasteiger partial charge in [-0.05, 0) is 50.5 Å². The van der Waals surface area contributed by atoms with Crippen molar-refractivity contribution in [1.82, 2.24) is 30.7 Å². The highest BCUT2D eigenvalue weighted by atomic mass is 16.2. The standard InChI is InChI=1S/C32H52N6O4/c1-8-16-28(10-3)33-19-25-36(27(7)9-2)22-15-23-37(31(41)12-5)24-17-30(40)35-20-26-38(32(42)13-6)21-14-18-34-29(39)11-4/h9-13,16,27,33H,2-6,8,14-15,17-26H2,1,7H3,(H,34,39)(H,35,40). The van der Waals surface area contributed by atoms with E-state index in [1.54, 1.807) is 9.80 Å². The minimum absolute atomic E-state index is 0.132. The summed E-state index contributed by atoms with van der Waals surface area (Å²) in [4.78, 5) is 53.9. The molecule has 0 radical (unpaired) electrons. The zero-order valence-corrected chi connectivity index (χ0v) is 25.7. The third-order valence-corrected chi connectivity index (χ3v) is 6.54. The molecule has 1 unspecified atom stereocenters. The number of nitrogens with zero attached hydrogens (tertiary/aromatic N) is 3. The van der Waals surface area contributed by atoms with Gasteiger partial charge in [-0.3, -0.25) is 24.1 Å². The number of carbonyl (C=O) groups is 4. The maximum absolute atomic E-state index is 12.5. The predicted octanol–water partition coefficient (Wildman–Crippen LogP) is 2.55. The summed E-state index contributed by atoms with van der Waals surface area (Å²) in [5.74, 6) is -0.963. The number of hydrogen-bond acceptors (Lipinski definition) is 6. The van der Waals surface area contributed by atoms with Crippen LogP contribution >= 0.6 is 0 Å². The Kier molecular flexibility index (Phi) is 21.5. The number of allylic oxidation sites excluding steroid dienone is 2. The molecule has 0 spiro atoms. The largest absolute Gasteiger partial charge is 0.384 e. The number of amides is 4. The van der Waals surface area contributed by atoms with Gasteiger partial charge < -0.3 is 25.8 Å². The van der Waals surface area contributed by atoms with E-state index in [-0.39, 0.29) is 49.2 Å². The van der Waals surface area contributed by atoms with Crippen LogP contribution in [0.3, 0.4) is 0 Å². The number of carbonyl (C=O) groups excluding carboxylic acids is 4. The molecule has 234 valence electrons. The molecular weight excluding hydrogens is 532 g/mol. The average molecular weight is 585 g/mol. The normalized spacial score (nSPS) is 11.5. The molecule has 0 aliphatic heterocycles. The van der Waals surface area contributed by atoms with Gasteiger partial charge in [0.1, 0.15) is 0 Å². The SMILES string of the molecule is C=CC(=O)NCCCN(CCNC(=O)CCN(CCCN(CCNC(C=C)=CCC)C(C)C=C)C(=O)C=C)C(=O)C=C. The van der Waals surface area contributed by atoms with Crippen LogP contribution in [0.1, 0.15) is 39.5 Å². The zero-order chi connectivity index (χ0) is 31.8. The highest BCUT2D eigenvalue weighted by Crippen LogP contribution is 2.05. The monoisotopic (exact) mass is 584 g/mol. The first-order valence-electron chi connectivity index (χ1n) is 14.6. The summed E-state index contributed by atoms with van der Waals surface area (Å²) in [5, 5.41) is 8.87. The smallest absolute Gasteiger partial charge is 0.246 e. The Bertz CT molecular complexity index is 945. The molecule has 0 bridgehead atoms. The van der Waals surface area contributed by atoms with E-state index in [2.05, 4.69) is 73.7 Å². The molecule has 0 aliphatic carbocycles. The fraction of sp³-hybridized carbons (Fsp3) is 0.500. The number of nitrogens with one attached hydrogen (secondary N) is 3. The molecule has 0 heterocycles. The average Bonchev–Trinajstić information content (AvgIpc) is 3.00. The van der Waals surface area contributed by atoms with E-state index in [4.69, 9.17) is 0 Å². The summed E-state index contributed by atoms with van der Waals surface area (Å²) in [6.07, 6.45) is 11.8. The third-order valence-electron chi connectivity index (χ3n) is 6.54. The van der Waals surface area contributed by atoms with Crippen LogP contribution in [0.25, 0.3) is 0 Å². The molecule has 0 saturated carbocycles. The number of hydrogen-bond donors (Lipinski definition) is 3. The molecule has 0 aromatic rings. The van der Waals surface area contributed by atoms with Crippen molar-refractivity contribution in [1.29, 1.82) is 0 Å². The Morgan fingerprint density at radius 1 is 0.690 bits per heavy atom. The topological polar surface area (TPSA) is 114 Å². The third kappa shape index (κ3) is 17.0. The van der Waals surface area contributed by atoms with Gasteiger partial charge in [-0.2, -0.15) is 0 Å². The van der Waals surface area contributed by atoms with Gasteiger partial charge in [-0.25, -0.2) is 0 Å². The minimum Gasteiger partial charge on any atom is -0.384 e. The Morgan fingerprint density at radius 2 is 1.31 bits per heavy atom. The van der Waals surface area contributed by atoms with Gasteiger partial charge >= 0.3 is 0 Å². The van der Waals surface area contributed by atoms with Crippen molar-refractivity contribution in [3.8, 4) is 0 Å². The lowest BCUT2D eigenvalue weighted by Gasteiger charge is -2.29. The summed E-state index contributed by atoms with van der Waals surface area (Å²) in [6.45, 7) is 26.9. The van der Waals surface area contributed by atoms with Gasteiger partial charge in [0.25, 0.3) is 0 Å². The number of rotatable bonds is 25. The molecule has 0 aromatic heterocycles. The Labute approximate surface area is 252 Å². The van der Waals surface area contributed by atoms with Gasteiger partial charge in [0.05, 0.1) is 0 Å². The first-order chi connectivity index (χ1) is 20.2. The summed E-state index contributed by atoms with van der Waals surface area (Å²) < 4.78 is 0. The van der Waals surface area contributed by atoms with Gasteiger partial charge in [-0.15, -0.1) is 6.58 Å². The lowest BCUT2D eigenvalue weighted by molar-refractivity contribution is -0.128. The Balaban J connectivity index is 4.76. The first-order valence-corrected chi connectivity index (χ1v) is 14.6. The molecule has 10 nitrogen and oxygen atoms in total. The van der Waals surface area contributed by atoms with Crippen LogP contribution in [-0.4, -0.2) is 103 Å². The second-order valence-electron chi connectivity index (χ2n) is 9.57. The van der Waals surface area contributed by atoms with Crippen LogP contribution in [0.5, 0.6) is 0 Å². The van der Waals surface area contributed by atoms with E-state index < -0.39 is 0 Å². The predicted molar refractivity (Wildman–Crippen MR) is 171 cm³/mol. The van der Waals surface area contributed by atoms with Crippen LogP contribution < -0.4 is 16.0 Å². The van der Waals surface area contributed by atoms with Crippen molar-refractivity contribution in [2.24, 2.45) is 0 Å². The molecule has 0 aromatic carbocycles. The van der Waals surface area contributed by atoms with Gasteiger partial charge in [0, 0.05) is 77.1 Å². The van der Waals surface area contributed by atoms with Crippen molar-refractivity contribution in [3.63, 3.8) is 0 Å². The lowest BCUT2D eigenvalue weighted by Crippen LogP contribution is -2.41. The molecular formula is C32H52N6O4. The van der Waals surface area contributed by atoms with E-state index >= 15 is 0 Å². The van der Waals surface area contributed by atoms with Gasteiger partial charge in [-0.1, -0.05) is 45.4 Å². The second kappa shape index (κ2) is 23.8. The van der Waals surface area contributed by atoms with Crippen molar-refractivity contribution < 1.29 is 19.2 Å². The fourth-order valence-electron chi connectivity index (χ4n) is 4.06. The van der Waals surface area contributed by atoms with Crippen LogP contribution in [-0.2, 0) is 19.2 Å². The summed E-state index contributed by atoms with van der Waals surface area (Å²) in [7, 11) is 0. The molecule has 10 heteroatoms. The summed E-state index contributed by atoms with van der Waals surface area (Å²) >= 11 is 0. The molecule has 0 saturated heterocycles. The molecule has 3 N–H and O–H groups in total. The minimum atomic E-state index is -0.272.